The molecule has 0 fully saturated rings. The molecule has 2 aromatic carbocycles. The second-order valence-corrected chi connectivity index (χ2v) is 4.63. The number of benzene rings is 2. The van der Waals surface area contributed by atoms with Gasteiger partial charge >= 0.3 is 6.18 Å². The average molecular weight is 313 g/mol. The van der Waals surface area contributed by atoms with Gasteiger partial charge < -0.3 is 10.8 Å². The molecule has 7 heteroatoms. The Kier molecular flexibility index (Phi) is 3.93. The minimum absolute atomic E-state index is 0.0406. The zero-order valence-electron chi connectivity index (χ0n) is 11.1. The summed E-state index contributed by atoms with van der Waals surface area (Å²) in [5, 5.41) is 10.5. The van der Waals surface area contributed by atoms with Crippen LogP contribution in [0.4, 0.5) is 17.6 Å². The van der Waals surface area contributed by atoms with Crippen molar-refractivity contribution in [3.8, 4) is 0 Å². The highest BCUT2D eigenvalue weighted by atomic mass is 19.4. The summed E-state index contributed by atoms with van der Waals surface area (Å²) in [5.41, 5.74) is 0.682. The van der Waals surface area contributed by atoms with Crippen LogP contribution in [0, 0.1) is 5.82 Å². The standard InChI is InChI=1S/C15H11F4NO2/c16-12-8-10(15(17,18)19)6-7-11(12)14(22,13(20)21)9-4-2-1-3-5-9/h1-8,22H,(H2,20,21). The van der Waals surface area contributed by atoms with Crippen LogP contribution in [0.3, 0.4) is 0 Å². The zero-order chi connectivity index (χ0) is 16.5. The van der Waals surface area contributed by atoms with Gasteiger partial charge in [0.15, 0.2) is 5.60 Å². The molecule has 0 saturated heterocycles. The largest absolute Gasteiger partial charge is 0.416 e. The lowest BCUT2D eigenvalue weighted by molar-refractivity contribution is -0.137. The molecule has 1 atom stereocenters. The van der Waals surface area contributed by atoms with Crippen LogP contribution < -0.4 is 5.73 Å². The van der Waals surface area contributed by atoms with Crippen molar-refractivity contribution in [1.82, 2.24) is 0 Å². The minimum Gasteiger partial charge on any atom is -0.372 e. The molecule has 0 aliphatic rings. The third-order valence-electron chi connectivity index (χ3n) is 3.23. The number of aliphatic hydroxyl groups is 1. The van der Waals surface area contributed by atoms with Gasteiger partial charge in [-0.25, -0.2) is 4.39 Å². The van der Waals surface area contributed by atoms with Gasteiger partial charge in [-0.1, -0.05) is 36.4 Å². The number of carbonyl (C=O) groups is 1. The van der Waals surface area contributed by atoms with Crippen molar-refractivity contribution in [1.29, 1.82) is 0 Å². The first-order valence-corrected chi connectivity index (χ1v) is 6.12. The Labute approximate surface area is 123 Å². The molecule has 0 aliphatic heterocycles. The highest BCUT2D eigenvalue weighted by Gasteiger charge is 2.41. The van der Waals surface area contributed by atoms with Gasteiger partial charge in [0.25, 0.3) is 5.91 Å². The molecule has 22 heavy (non-hydrogen) atoms. The Balaban J connectivity index is 2.63. The number of hydrogen-bond acceptors (Lipinski definition) is 2. The lowest BCUT2D eigenvalue weighted by Gasteiger charge is -2.26. The van der Waals surface area contributed by atoms with E-state index < -0.39 is 34.6 Å². The first-order chi connectivity index (χ1) is 10.2. The molecule has 0 heterocycles. The lowest BCUT2D eigenvalue weighted by Crippen LogP contribution is -2.43. The molecule has 0 saturated carbocycles. The monoisotopic (exact) mass is 313 g/mol. The number of amides is 1. The smallest absolute Gasteiger partial charge is 0.372 e. The fourth-order valence-corrected chi connectivity index (χ4v) is 2.09. The van der Waals surface area contributed by atoms with Gasteiger partial charge in [-0.3, -0.25) is 4.79 Å². The van der Waals surface area contributed by atoms with Gasteiger partial charge in [-0.15, -0.1) is 0 Å². The van der Waals surface area contributed by atoms with Gasteiger partial charge in [-0.05, 0) is 17.7 Å². The molecule has 116 valence electrons. The summed E-state index contributed by atoms with van der Waals surface area (Å²) in [7, 11) is 0. The molecule has 1 amide bonds. The van der Waals surface area contributed by atoms with E-state index in [1.165, 1.54) is 24.3 Å². The summed E-state index contributed by atoms with van der Waals surface area (Å²) < 4.78 is 51.7. The highest BCUT2D eigenvalue weighted by Crippen LogP contribution is 2.35. The second-order valence-electron chi connectivity index (χ2n) is 4.63. The van der Waals surface area contributed by atoms with Gasteiger partial charge in [-0.2, -0.15) is 13.2 Å². The normalized spacial score (nSPS) is 14.4. The third-order valence-corrected chi connectivity index (χ3v) is 3.23. The number of alkyl halides is 3. The Hall–Kier alpha value is -2.41. The van der Waals surface area contributed by atoms with Gasteiger partial charge in [0, 0.05) is 5.56 Å². The maximum Gasteiger partial charge on any atom is 0.416 e. The molecule has 0 aromatic heterocycles. The molecular formula is C15H11F4NO2. The van der Waals surface area contributed by atoms with Crippen molar-refractivity contribution in [3.05, 3.63) is 71.0 Å². The fourth-order valence-electron chi connectivity index (χ4n) is 2.09. The van der Waals surface area contributed by atoms with Crippen LogP contribution in [0.1, 0.15) is 16.7 Å². The first-order valence-electron chi connectivity index (χ1n) is 6.12. The quantitative estimate of drug-likeness (QED) is 0.856. The lowest BCUT2D eigenvalue weighted by atomic mass is 9.85. The third kappa shape index (κ3) is 2.67. The summed E-state index contributed by atoms with van der Waals surface area (Å²) in [6, 6.07) is 8.69. The van der Waals surface area contributed by atoms with Gasteiger partial charge in [0.2, 0.25) is 0 Å². The van der Waals surface area contributed by atoms with E-state index in [0.29, 0.717) is 12.1 Å². The zero-order valence-corrected chi connectivity index (χ0v) is 11.1. The number of halogens is 4. The molecule has 0 radical (unpaired) electrons. The van der Waals surface area contributed by atoms with E-state index in [0.717, 1.165) is 0 Å². The van der Waals surface area contributed by atoms with Crippen LogP contribution in [0.15, 0.2) is 48.5 Å². The van der Waals surface area contributed by atoms with Crippen molar-refractivity contribution in [2.24, 2.45) is 5.73 Å². The van der Waals surface area contributed by atoms with E-state index in [9.17, 15) is 27.5 Å². The van der Waals surface area contributed by atoms with Crippen molar-refractivity contribution in [2.75, 3.05) is 0 Å². The SMILES string of the molecule is NC(=O)C(O)(c1ccccc1)c1ccc(C(F)(F)F)cc1F. The topological polar surface area (TPSA) is 63.3 Å². The minimum atomic E-state index is -4.74. The van der Waals surface area contributed by atoms with E-state index in [1.54, 1.807) is 6.07 Å². The van der Waals surface area contributed by atoms with Crippen LogP contribution in [0.25, 0.3) is 0 Å². The van der Waals surface area contributed by atoms with Crippen LogP contribution in [-0.4, -0.2) is 11.0 Å². The molecule has 0 bridgehead atoms. The molecule has 2 rings (SSSR count). The molecule has 3 nitrogen and oxygen atoms in total. The fraction of sp³-hybridized carbons (Fsp3) is 0.133. The molecule has 0 aliphatic carbocycles. The van der Waals surface area contributed by atoms with Crippen molar-refractivity contribution in [3.63, 3.8) is 0 Å². The number of carbonyl (C=O) groups excluding carboxylic acids is 1. The van der Waals surface area contributed by atoms with Crippen LogP contribution >= 0.6 is 0 Å². The van der Waals surface area contributed by atoms with Crippen molar-refractivity contribution >= 4 is 5.91 Å². The van der Waals surface area contributed by atoms with Gasteiger partial charge in [0.1, 0.15) is 5.82 Å². The number of primary amides is 1. The summed E-state index contributed by atoms with van der Waals surface area (Å²) in [4.78, 5) is 11.6. The molecule has 3 N–H and O–H groups in total. The number of hydrogen-bond donors (Lipinski definition) is 2. The van der Waals surface area contributed by atoms with Gasteiger partial charge in [0.05, 0.1) is 5.56 Å². The van der Waals surface area contributed by atoms with E-state index in [2.05, 4.69) is 0 Å². The van der Waals surface area contributed by atoms with Crippen LogP contribution in [-0.2, 0) is 16.6 Å². The predicted molar refractivity (Wildman–Crippen MR) is 70.0 cm³/mol. The van der Waals surface area contributed by atoms with Crippen molar-refractivity contribution < 1.29 is 27.5 Å². The number of nitrogens with two attached hydrogens (primary N) is 1. The van der Waals surface area contributed by atoms with E-state index in [-0.39, 0.29) is 11.6 Å². The Morgan fingerprint density at radius 2 is 1.59 bits per heavy atom. The molecule has 1 unspecified atom stereocenters. The molecule has 0 spiro atoms. The van der Waals surface area contributed by atoms with Crippen LogP contribution in [0.2, 0.25) is 0 Å². The summed E-state index contributed by atoms with van der Waals surface area (Å²) in [6.07, 6.45) is -4.74. The Bertz CT molecular complexity index is 700. The predicted octanol–water partition coefficient (Wildman–Crippen LogP) is 2.57. The average Bonchev–Trinajstić information content (AvgIpc) is 2.46. The molecular weight excluding hydrogens is 302 g/mol. The summed E-state index contributed by atoms with van der Waals surface area (Å²) in [6.45, 7) is 0. The van der Waals surface area contributed by atoms with E-state index in [1.807, 2.05) is 0 Å². The second kappa shape index (κ2) is 5.42. The van der Waals surface area contributed by atoms with E-state index >= 15 is 0 Å². The maximum atomic E-state index is 14.1. The van der Waals surface area contributed by atoms with Crippen LogP contribution in [0.5, 0.6) is 0 Å². The van der Waals surface area contributed by atoms with Crippen molar-refractivity contribution in [2.45, 2.75) is 11.8 Å². The highest BCUT2D eigenvalue weighted by molar-refractivity contribution is 5.88. The summed E-state index contributed by atoms with van der Waals surface area (Å²) in [5.74, 6) is -2.67. The Morgan fingerprint density at radius 3 is 2.05 bits per heavy atom. The maximum absolute atomic E-state index is 14.1. The first kappa shape index (κ1) is 16.0. The summed E-state index contributed by atoms with van der Waals surface area (Å²) >= 11 is 0. The number of rotatable bonds is 3. The van der Waals surface area contributed by atoms with E-state index in [4.69, 9.17) is 5.73 Å². The molecule has 2 aromatic rings. The Morgan fingerprint density at radius 1 is 1.00 bits per heavy atom.